The first-order valence-electron chi connectivity index (χ1n) is 4.15. The highest BCUT2D eigenvalue weighted by Crippen LogP contribution is 2.17. The van der Waals surface area contributed by atoms with Crippen molar-refractivity contribution in [3.63, 3.8) is 0 Å². The molecule has 1 rings (SSSR count). The van der Waals surface area contributed by atoms with Gasteiger partial charge in [0.25, 0.3) is 5.91 Å². The lowest BCUT2D eigenvalue weighted by Crippen LogP contribution is -2.42. The van der Waals surface area contributed by atoms with Gasteiger partial charge in [-0.1, -0.05) is 0 Å². The van der Waals surface area contributed by atoms with Gasteiger partial charge in [-0.15, -0.1) is 0 Å². The first-order chi connectivity index (χ1) is 7.79. The minimum atomic E-state index is -4.67. The van der Waals surface area contributed by atoms with Crippen molar-refractivity contribution in [3.05, 3.63) is 11.9 Å². The lowest BCUT2D eigenvalue weighted by Gasteiger charge is -2.20. The molecular weight excluding hydrogens is 263 g/mol. The molecule has 0 saturated carbocycles. The van der Waals surface area contributed by atoms with Gasteiger partial charge < -0.3 is 10.0 Å². The van der Waals surface area contributed by atoms with Gasteiger partial charge in [0.1, 0.15) is 13.1 Å². The number of amides is 1. The van der Waals surface area contributed by atoms with Crippen molar-refractivity contribution >= 4 is 23.6 Å². The second-order valence-corrected chi connectivity index (χ2v) is 3.52. The fourth-order valence-corrected chi connectivity index (χ4v) is 1.41. The number of hydrogen-bond acceptors (Lipinski definition) is 5. The number of carbonyl (C=O) groups is 2. The maximum absolute atomic E-state index is 12.1. The van der Waals surface area contributed by atoms with E-state index in [1.807, 2.05) is 0 Å². The first kappa shape index (κ1) is 13.4. The molecule has 17 heavy (non-hydrogen) atoms. The number of aromatic nitrogens is 2. The summed E-state index contributed by atoms with van der Waals surface area (Å²) >= 11 is 0.646. The van der Waals surface area contributed by atoms with E-state index >= 15 is 0 Å². The van der Waals surface area contributed by atoms with Crippen LogP contribution in [0, 0.1) is 0 Å². The van der Waals surface area contributed by atoms with Crippen molar-refractivity contribution in [2.75, 3.05) is 13.1 Å². The number of carboxylic acid groups (broad SMARTS) is 1. The number of carboxylic acids is 1. The lowest BCUT2D eigenvalue weighted by atomic mass is 10.3. The zero-order valence-corrected chi connectivity index (χ0v) is 8.96. The van der Waals surface area contributed by atoms with Crippen molar-refractivity contribution in [1.29, 1.82) is 0 Å². The predicted molar refractivity (Wildman–Crippen MR) is 49.5 cm³/mol. The zero-order valence-electron chi connectivity index (χ0n) is 8.14. The fraction of sp³-hybridized carbons (Fsp3) is 0.429. The number of hydrogen-bond donors (Lipinski definition) is 1. The minimum absolute atomic E-state index is 0.152. The molecule has 0 spiro atoms. The van der Waals surface area contributed by atoms with Crippen LogP contribution >= 0.6 is 11.7 Å². The van der Waals surface area contributed by atoms with Crippen LogP contribution in [0.2, 0.25) is 0 Å². The van der Waals surface area contributed by atoms with Gasteiger partial charge in [-0.05, 0) is 0 Å². The zero-order chi connectivity index (χ0) is 13.1. The molecule has 1 N–H and O–H groups in total. The Balaban J connectivity index is 2.83. The number of aliphatic carboxylic acids is 1. The van der Waals surface area contributed by atoms with E-state index in [1.54, 1.807) is 0 Å². The molecule has 0 aliphatic heterocycles. The van der Waals surface area contributed by atoms with Gasteiger partial charge in [0.05, 0.1) is 17.9 Å². The number of nitrogens with zero attached hydrogens (tertiary/aromatic N) is 3. The van der Waals surface area contributed by atoms with E-state index in [4.69, 9.17) is 5.11 Å². The summed E-state index contributed by atoms with van der Waals surface area (Å²) in [4.78, 5) is 22.0. The normalized spacial score (nSPS) is 11.2. The van der Waals surface area contributed by atoms with Crippen LogP contribution in [0.25, 0.3) is 0 Å². The van der Waals surface area contributed by atoms with Crippen molar-refractivity contribution < 1.29 is 27.9 Å². The molecule has 0 aromatic carbocycles. The molecule has 0 saturated heterocycles. The third-order valence-corrected chi connectivity index (χ3v) is 2.04. The molecule has 1 amide bonds. The molecule has 0 aliphatic rings. The van der Waals surface area contributed by atoms with Gasteiger partial charge in [-0.25, -0.2) is 0 Å². The highest BCUT2D eigenvalue weighted by molar-refractivity contribution is 6.99. The summed E-state index contributed by atoms with van der Waals surface area (Å²) in [6.07, 6.45) is -3.69. The smallest absolute Gasteiger partial charge is 0.406 e. The predicted octanol–water partition coefficient (Wildman–Crippen LogP) is 0.627. The maximum Gasteiger partial charge on any atom is 0.406 e. The van der Waals surface area contributed by atoms with Crippen LogP contribution < -0.4 is 0 Å². The van der Waals surface area contributed by atoms with Crippen LogP contribution in [0.3, 0.4) is 0 Å². The third kappa shape index (κ3) is 4.34. The SMILES string of the molecule is O=C(O)CN(CC(F)(F)F)C(=O)c1cnsn1. The maximum atomic E-state index is 12.1. The highest BCUT2D eigenvalue weighted by Gasteiger charge is 2.34. The van der Waals surface area contributed by atoms with E-state index in [-0.39, 0.29) is 10.6 Å². The second-order valence-electron chi connectivity index (χ2n) is 2.96. The first-order valence-corrected chi connectivity index (χ1v) is 4.88. The Morgan fingerprint density at radius 1 is 1.47 bits per heavy atom. The van der Waals surface area contributed by atoms with Crippen molar-refractivity contribution in [3.8, 4) is 0 Å². The Kier molecular flexibility index (Phi) is 3.99. The summed E-state index contributed by atoms with van der Waals surface area (Å²) in [5.41, 5.74) is -0.305. The van der Waals surface area contributed by atoms with Gasteiger partial charge in [0.2, 0.25) is 0 Å². The van der Waals surface area contributed by atoms with Crippen molar-refractivity contribution in [1.82, 2.24) is 13.6 Å². The van der Waals surface area contributed by atoms with Crippen molar-refractivity contribution in [2.45, 2.75) is 6.18 Å². The Morgan fingerprint density at radius 2 is 2.12 bits per heavy atom. The summed E-state index contributed by atoms with van der Waals surface area (Å²) in [5.74, 6) is -2.65. The van der Waals surface area contributed by atoms with E-state index in [1.165, 1.54) is 0 Å². The van der Waals surface area contributed by atoms with Gasteiger partial charge in [-0.3, -0.25) is 9.59 Å². The van der Waals surface area contributed by atoms with Gasteiger partial charge >= 0.3 is 12.1 Å². The van der Waals surface area contributed by atoms with Crippen LogP contribution in [0.5, 0.6) is 0 Å². The Morgan fingerprint density at radius 3 is 2.53 bits per heavy atom. The van der Waals surface area contributed by atoms with E-state index in [0.29, 0.717) is 11.7 Å². The largest absolute Gasteiger partial charge is 0.480 e. The molecule has 10 heteroatoms. The van der Waals surface area contributed by atoms with Crippen LogP contribution in [-0.4, -0.2) is 49.9 Å². The molecule has 0 radical (unpaired) electrons. The number of carbonyl (C=O) groups excluding carboxylic acids is 1. The monoisotopic (exact) mass is 269 g/mol. The van der Waals surface area contributed by atoms with E-state index < -0.39 is 31.1 Å². The average Bonchev–Trinajstić information content (AvgIpc) is 2.65. The molecule has 0 bridgehead atoms. The van der Waals surface area contributed by atoms with E-state index in [2.05, 4.69) is 8.75 Å². The van der Waals surface area contributed by atoms with Gasteiger partial charge in [-0.2, -0.15) is 21.9 Å². The Bertz CT molecular complexity index is 406. The molecule has 0 atom stereocenters. The highest BCUT2D eigenvalue weighted by atomic mass is 32.1. The minimum Gasteiger partial charge on any atom is -0.480 e. The molecule has 94 valence electrons. The standard InChI is InChI=1S/C7H6F3N3O3S/c8-7(9,10)3-13(2-5(14)15)6(16)4-1-11-17-12-4/h1H,2-3H2,(H,14,15). The molecule has 0 unspecified atom stereocenters. The summed E-state index contributed by atoms with van der Waals surface area (Å²) in [7, 11) is 0. The van der Waals surface area contributed by atoms with E-state index in [0.717, 1.165) is 6.20 Å². The molecule has 1 aromatic heterocycles. The summed E-state index contributed by atoms with van der Waals surface area (Å²) in [5, 5.41) is 8.43. The van der Waals surface area contributed by atoms with Gasteiger partial charge in [0, 0.05) is 0 Å². The van der Waals surface area contributed by atoms with Crippen LogP contribution in [0.15, 0.2) is 6.20 Å². The van der Waals surface area contributed by atoms with E-state index in [9.17, 15) is 22.8 Å². The summed E-state index contributed by atoms with van der Waals surface area (Å²) < 4.78 is 43.3. The van der Waals surface area contributed by atoms with Crippen molar-refractivity contribution in [2.24, 2.45) is 0 Å². The topological polar surface area (TPSA) is 83.4 Å². The molecule has 0 aliphatic carbocycles. The fourth-order valence-electron chi connectivity index (χ4n) is 1.00. The van der Waals surface area contributed by atoms with Crippen LogP contribution in [0.4, 0.5) is 13.2 Å². The van der Waals surface area contributed by atoms with Gasteiger partial charge in [0.15, 0.2) is 5.69 Å². The molecule has 1 aromatic rings. The number of rotatable bonds is 4. The summed E-state index contributed by atoms with van der Waals surface area (Å²) in [6, 6.07) is 0. The second kappa shape index (κ2) is 5.08. The Labute approximate surface area is 97.0 Å². The van der Waals surface area contributed by atoms with Crippen LogP contribution in [-0.2, 0) is 4.79 Å². The Hall–Kier alpha value is -1.71. The number of halogens is 3. The quantitative estimate of drug-likeness (QED) is 0.866. The molecular formula is C7H6F3N3O3S. The molecule has 0 fully saturated rings. The number of alkyl halides is 3. The van der Waals surface area contributed by atoms with Crippen LogP contribution in [0.1, 0.15) is 10.5 Å². The lowest BCUT2D eigenvalue weighted by molar-refractivity contribution is -0.149. The molecule has 6 nitrogen and oxygen atoms in total. The molecule has 1 heterocycles. The third-order valence-electron chi connectivity index (χ3n) is 1.56. The average molecular weight is 269 g/mol. The summed E-state index contributed by atoms with van der Waals surface area (Å²) in [6.45, 7) is -2.69.